The summed E-state index contributed by atoms with van der Waals surface area (Å²) >= 11 is 0. The summed E-state index contributed by atoms with van der Waals surface area (Å²) in [5.74, 6) is -0.869. The lowest BCUT2D eigenvalue weighted by Gasteiger charge is -2.08. The van der Waals surface area contributed by atoms with Crippen molar-refractivity contribution < 1.29 is 9.90 Å². The SMILES string of the molecule is CCn1c(-c2ccccc2)cc(C(=O)O)c1C. The van der Waals surface area contributed by atoms with Gasteiger partial charge in [0.1, 0.15) is 0 Å². The van der Waals surface area contributed by atoms with E-state index < -0.39 is 5.97 Å². The van der Waals surface area contributed by atoms with Gasteiger partial charge >= 0.3 is 5.97 Å². The topological polar surface area (TPSA) is 42.2 Å². The van der Waals surface area contributed by atoms with Gasteiger partial charge in [0.25, 0.3) is 0 Å². The van der Waals surface area contributed by atoms with E-state index in [9.17, 15) is 4.79 Å². The Bertz CT molecular complexity index is 541. The number of hydrogen-bond donors (Lipinski definition) is 1. The molecule has 88 valence electrons. The fraction of sp³-hybridized carbons (Fsp3) is 0.214. The Balaban J connectivity index is 2.62. The maximum Gasteiger partial charge on any atom is 0.337 e. The normalized spacial score (nSPS) is 10.5. The lowest BCUT2D eigenvalue weighted by Crippen LogP contribution is -2.02. The molecule has 1 heterocycles. The smallest absolute Gasteiger partial charge is 0.337 e. The summed E-state index contributed by atoms with van der Waals surface area (Å²) in [6.45, 7) is 4.63. The van der Waals surface area contributed by atoms with Crippen molar-refractivity contribution in [2.45, 2.75) is 20.4 Å². The van der Waals surface area contributed by atoms with Crippen LogP contribution >= 0.6 is 0 Å². The van der Waals surface area contributed by atoms with Gasteiger partial charge in [0.2, 0.25) is 0 Å². The first kappa shape index (κ1) is 11.5. The van der Waals surface area contributed by atoms with Gasteiger partial charge in [-0.05, 0) is 25.5 Å². The second-order valence-electron chi connectivity index (χ2n) is 3.94. The monoisotopic (exact) mass is 229 g/mol. The third kappa shape index (κ3) is 1.96. The zero-order chi connectivity index (χ0) is 12.4. The van der Waals surface area contributed by atoms with E-state index in [0.29, 0.717) is 5.56 Å². The van der Waals surface area contributed by atoms with Crippen molar-refractivity contribution in [3.63, 3.8) is 0 Å². The van der Waals surface area contributed by atoms with Crippen molar-refractivity contribution in [3.05, 3.63) is 47.7 Å². The zero-order valence-corrected chi connectivity index (χ0v) is 9.97. The molecule has 0 aliphatic heterocycles. The largest absolute Gasteiger partial charge is 0.478 e. The maximum atomic E-state index is 11.1. The Morgan fingerprint density at radius 3 is 2.47 bits per heavy atom. The summed E-state index contributed by atoms with van der Waals surface area (Å²) in [5.41, 5.74) is 3.19. The van der Waals surface area contributed by atoms with Gasteiger partial charge in [-0.15, -0.1) is 0 Å². The van der Waals surface area contributed by atoms with Crippen LogP contribution in [0.2, 0.25) is 0 Å². The Morgan fingerprint density at radius 2 is 1.94 bits per heavy atom. The third-order valence-electron chi connectivity index (χ3n) is 2.98. The molecule has 1 aromatic carbocycles. The van der Waals surface area contributed by atoms with Crippen LogP contribution < -0.4 is 0 Å². The molecule has 1 aromatic heterocycles. The van der Waals surface area contributed by atoms with E-state index in [-0.39, 0.29) is 0 Å². The summed E-state index contributed by atoms with van der Waals surface area (Å²) in [6, 6.07) is 11.6. The number of carbonyl (C=O) groups is 1. The number of aromatic carboxylic acids is 1. The molecule has 0 radical (unpaired) electrons. The first-order valence-electron chi connectivity index (χ1n) is 5.64. The molecule has 1 N–H and O–H groups in total. The molecular formula is C14H15NO2. The molecule has 0 saturated heterocycles. The summed E-state index contributed by atoms with van der Waals surface area (Å²) in [4.78, 5) is 11.1. The molecule has 0 fully saturated rings. The molecule has 0 aliphatic rings. The van der Waals surface area contributed by atoms with Gasteiger partial charge in [0.05, 0.1) is 5.56 Å². The van der Waals surface area contributed by atoms with Gasteiger partial charge in [0.15, 0.2) is 0 Å². The lowest BCUT2D eigenvalue weighted by atomic mass is 10.1. The molecule has 0 spiro atoms. The van der Waals surface area contributed by atoms with Crippen molar-refractivity contribution in [2.75, 3.05) is 0 Å². The number of aromatic nitrogens is 1. The van der Waals surface area contributed by atoms with E-state index in [1.165, 1.54) is 0 Å². The number of carboxylic acid groups (broad SMARTS) is 1. The predicted molar refractivity (Wildman–Crippen MR) is 67.2 cm³/mol. The summed E-state index contributed by atoms with van der Waals surface area (Å²) < 4.78 is 2.03. The lowest BCUT2D eigenvalue weighted by molar-refractivity contribution is 0.0696. The Morgan fingerprint density at radius 1 is 1.29 bits per heavy atom. The minimum absolute atomic E-state index is 0.380. The summed E-state index contributed by atoms with van der Waals surface area (Å²) in [5, 5.41) is 9.13. The van der Waals surface area contributed by atoms with Crippen molar-refractivity contribution in [1.29, 1.82) is 0 Å². The van der Waals surface area contributed by atoms with Crippen LogP contribution in [-0.2, 0) is 6.54 Å². The molecule has 2 aromatic rings. The highest BCUT2D eigenvalue weighted by Crippen LogP contribution is 2.25. The van der Waals surface area contributed by atoms with Gasteiger partial charge < -0.3 is 9.67 Å². The van der Waals surface area contributed by atoms with Crippen LogP contribution in [0.15, 0.2) is 36.4 Å². The predicted octanol–water partition coefficient (Wildman–Crippen LogP) is 3.18. The maximum absolute atomic E-state index is 11.1. The molecule has 3 heteroatoms. The molecule has 3 nitrogen and oxygen atoms in total. The second-order valence-corrected chi connectivity index (χ2v) is 3.94. The molecule has 17 heavy (non-hydrogen) atoms. The number of nitrogens with zero attached hydrogens (tertiary/aromatic N) is 1. The van der Waals surface area contributed by atoms with E-state index in [0.717, 1.165) is 23.5 Å². The number of benzene rings is 1. The first-order chi connectivity index (χ1) is 8.15. The quantitative estimate of drug-likeness (QED) is 0.878. The minimum Gasteiger partial charge on any atom is -0.478 e. The number of carboxylic acids is 1. The van der Waals surface area contributed by atoms with E-state index in [1.54, 1.807) is 6.07 Å². The average Bonchev–Trinajstić information content (AvgIpc) is 2.67. The standard InChI is InChI=1S/C14H15NO2/c1-3-15-10(2)12(14(16)17)9-13(15)11-7-5-4-6-8-11/h4-9H,3H2,1-2H3,(H,16,17). The van der Waals surface area contributed by atoms with Crippen LogP contribution in [0.5, 0.6) is 0 Å². The van der Waals surface area contributed by atoms with Crippen LogP contribution in [0, 0.1) is 6.92 Å². The van der Waals surface area contributed by atoms with Gasteiger partial charge in [0, 0.05) is 17.9 Å². The van der Waals surface area contributed by atoms with Crippen LogP contribution in [0.4, 0.5) is 0 Å². The molecule has 0 amide bonds. The van der Waals surface area contributed by atoms with Gasteiger partial charge in [-0.2, -0.15) is 0 Å². The van der Waals surface area contributed by atoms with Crippen molar-refractivity contribution in [1.82, 2.24) is 4.57 Å². The highest BCUT2D eigenvalue weighted by atomic mass is 16.4. The molecule has 0 saturated carbocycles. The average molecular weight is 229 g/mol. The van der Waals surface area contributed by atoms with Crippen molar-refractivity contribution in [2.24, 2.45) is 0 Å². The highest BCUT2D eigenvalue weighted by Gasteiger charge is 2.16. The first-order valence-corrected chi connectivity index (χ1v) is 5.64. The number of hydrogen-bond acceptors (Lipinski definition) is 1. The van der Waals surface area contributed by atoms with Crippen molar-refractivity contribution >= 4 is 5.97 Å². The van der Waals surface area contributed by atoms with E-state index in [1.807, 2.05) is 48.7 Å². The Labute approximate surface area is 100 Å². The van der Waals surface area contributed by atoms with Crippen molar-refractivity contribution in [3.8, 4) is 11.3 Å². The molecule has 0 unspecified atom stereocenters. The van der Waals surface area contributed by atoms with E-state index in [4.69, 9.17) is 5.11 Å². The highest BCUT2D eigenvalue weighted by molar-refractivity contribution is 5.91. The van der Waals surface area contributed by atoms with Crippen LogP contribution in [-0.4, -0.2) is 15.6 Å². The van der Waals surface area contributed by atoms with Crippen LogP contribution in [0.1, 0.15) is 23.0 Å². The fourth-order valence-electron chi connectivity index (χ4n) is 2.12. The summed E-state index contributed by atoms with van der Waals surface area (Å²) in [6.07, 6.45) is 0. The Hall–Kier alpha value is -2.03. The molecular weight excluding hydrogens is 214 g/mol. The molecule has 0 aliphatic carbocycles. The van der Waals surface area contributed by atoms with Crippen LogP contribution in [0.3, 0.4) is 0 Å². The van der Waals surface area contributed by atoms with Gasteiger partial charge in [-0.25, -0.2) is 4.79 Å². The van der Waals surface area contributed by atoms with Gasteiger partial charge in [-0.3, -0.25) is 0 Å². The minimum atomic E-state index is -0.869. The van der Waals surface area contributed by atoms with E-state index >= 15 is 0 Å². The van der Waals surface area contributed by atoms with E-state index in [2.05, 4.69) is 0 Å². The molecule has 2 rings (SSSR count). The third-order valence-corrected chi connectivity index (χ3v) is 2.98. The molecule has 0 atom stereocenters. The van der Waals surface area contributed by atoms with Gasteiger partial charge in [-0.1, -0.05) is 30.3 Å². The van der Waals surface area contributed by atoms with Crippen LogP contribution in [0.25, 0.3) is 11.3 Å². The molecule has 0 bridgehead atoms. The summed E-state index contributed by atoms with van der Waals surface area (Å²) in [7, 11) is 0. The Kier molecular flexibility index (Phi) is 3.00. The number of rotatable bonds is 3. The zero-order valence-electron chi connectivity index (χ0n) is 9.97. The second kappa shape index (κ2) is 4.45. The fourth-order valence-corrected chi connectivity index (χ4v) is 2.12.